The molecule has 4 aromatic rings. The molecule has 0 saturated carbocycles. The Hall–Kier alpha value is -3.32. The zero-order valence-electron chi connectivity index (χ0n) is 15.6. The van der Waals surface area contributed by atoms with Crippen LogP contribution in [0.3, 0.4) is 0 Å². The van der Waals surface area contributed by atoms with E-state index < -0.39 is 0 Å². The van der Waals surface area contributed by atoms with E-state index in [1.807, 2.05) is 31.2 Å². The van der Waals surface area contributed by atoms with E-state index in [0.29, 0.717) is 28.9 Å². The highest BCUT2D eigenvalue weighted by atomic mass is 35.5. The van der Waals surface area contributed by atoms with Gasteiger partial charge in [-0.1, -0.05) is 28.9 Å². The van der Waals surface area contributed by atoms with E-state index in [0.717, 1.165) is 22.3 Å². The van der Waals surface area contributed by atoms with Gasteiger partial charge in [-0.25, -0.2) is 9.97 Å². The van der Waals surface area contributed by atoms with Crippen molar-refractivity contribution in [1.82, 2.24) is 20.1 Å². The predicted octanol–water partition coefficient (Wildman–Crippen LogP) is 4.32. The lowest BCUT2D eigenvalue weighted by molar-refractivity contribution is -0.145. The molecule has 2 aromatic heterocycles. The SMILES string of the molecule is Cc1nc2ccccc2nc1COC(=O)CCc1nc(-c2ccc(Cl)cc2)no1. The number of hydrogen-bond acceptors (Lipinski definition) is 7. The molecule has 0 aliphatic carbocycles. The zero-order chi connectivity index (χ0) is 20.2. The molecule has 0 atom stereocenters. The van der Waals surface area contributed by atoms with Crippen LogP contribution < -0.4 is 0 Å². The summed E-state index contributed by atoms with van der Waals surface area (Å²) in [6, 6.07) is 14.7. The highest BCUT2D eigenvalue weighted by Gasteiger charge is 2.13. The van der Waals surface area contributed by atoms with Gasteiger partial charge in [0.2, 0.25) is 11.7 Å². The average molecular weight is 409 g/mol. The Balaban J connectivity index is 1.33. The molecule has 0 N–H and O–H groups in total. The van der Waals surface area contributed by atoms with Gasteiger partial charge in [-0.05, 0) is 43.3 Å². The Labute approximate surface area is 171 Å². The minimum atomic E-state index is -0.370. The van der Waals surface area contributed by atoms with Crippen molar-refractivity contribution in [3.8, 4) is 11.4 Å². The van der Waals surface area contributed by atoms with Crippen LogP contribution in [0.15, 0.2) is 53.1 Å². The van der Waals surface area contributed by atoms with Gasteiger partial charge in [0.25, 0.3) is 0 Å². The third kappa shape index (κ3) is 4.57. The maximum atomic E-state index is 12.1. The van der Waals surface area contributed by atoms with Crippen molar-refractivity contribution >= 4 is 28.6 Å². The Morgan fingerprint density at radius 2 is 1.76 bits per heavy atom. The number of carbonyl (C=O) groups is 1. The molecular weight excluding hydrogens is 392 g/mol. The van der Waals surface area contributed by atoms with Crippen LogP contribution in [0, 0.1) is 6.92 Å². The van der Waals surface area contributed by atoms with Gasteiger partial charge in [-0.3, -0.25) is 4.79 Å². The van der Waals surface area contributed by atoms with Crippen molar-refractivity contribution in [3.05, 3.63) is 70.8 Å². The molecule has 8 heteroatoms. The Bertz CT molecular complexity index is 1160. The number of hydrogen-bond donors (Lipinski definition) is 0. The molecule has 2 heterocycles. The van der Waals surface area contributed by atoms with E-state index in [9.17, 15) is 4.79 Å². The topological polar surface area (TPSA) is 91.0 Å². The number of carbonyl (C=O) groups excluding carboxylic acids is 1. The summed E-state index contributed by atoms with van der Waals surface area (Å²) >= 11 is 5.88. The van der Waals surface area contributed by atoms with Crippen LogP contribution >= 0.6 is 11.6 Å². The largest absolute Gasteiger partial charge is 0.459 e. The van der Waals surface area contributed by atoms with E-state index in [-0.39, 0.29) is 19.0 Å². The first-order valence-corrected chi connectivity index (χ1v) is 9.43. The summed E-state index contributed by atoms with van der Waals surface area (Å²) in [5, 5.41) is 4.56. The molecule has 7 nitrogen and oxygen atoms in total. The molecule has 0 aliphatic rings. The number of ether oxygens (including phenoxy) is 1. The van der Waals surface area contributed by atoms with E-state index in [4.69, 9.17) is 20.9 Å². The number of halogens is 1. The van der Waals surface area contributed by atoms with Gasteiger partial charge in [-0.2, -0.15) is 4.98 Å². The number of para-hydroxylation sites is 2. The van der Waals surface area contributed by atoms with Crippen LogP contribution in [0.4, 0.5) is 0 Å². The van der Waals surface area contributed by atoms with E-state index in [1.54, 1.807) is 24.3 Å². The summed E-state index contributed by atoms with van der Waals surface area (Å²) in [6.07, 6.45) is 0.421. The van der Waals surface area contributed by atoms with Crippen molar-refractivity contribution in [2.45, 2.75) is 26.4 Å². The maximum Gasteiger partial charge on any atom is 0.306 e. The van der Waals surface area contributed by atoms with Crippen molar-refractivity contribution in [1.29, 1.82) is 0 Å². The molecule has 0 aliphatic heterocycles. The molecule has 0 amide bonds. The van der Waals surface area contributed by atoms with E-state index >= 15 is 0 Å². The van der Waals surface area contributed by atoms with Crippen molar-refractivity contribution in [2.24, 2.45) is 0 Å². The van der Waals surface area contributed by atoms with Gasteiger partial charge in [0.15, 0.2) is 0 Å². The number of nitrogens with zero attached hydrogens (tertiary/aromatic N) is 4. The molecule has 29 heavy (non-hydrogen) atoms. The van der Waals surface area contributed by atoms with Crippen molar-refractivity contribution in [3.63, 3.8) is 0 Å². The summed E-state index contributed by atoms with van der Waals surface area (Å²) in [6.45, 7) is 1.92. The smallest absolute Gasteiger partial charge is 0.306 e. The minimum absolute atomic E-state index is 0.0718. The van der Waals surface area contributed by atoms with Crippen LogP contribution in [-0.4, -0.2) is 26.1 Å². The lowest BCUT2D eigenvalue weighted by atomic mass is 10.2. The lowest BCUT2D eigenvalue weighted by Gasteiger charge is -2.07. The van der Waals surface area contributed by atoms with Gasteiger partial charge < -0.3 is 9.26 Å². The fraction of sp³-hybridized carbons (Fsp3) is 0.190. The number of rotatable bonds is 6. The molecule has 0 spiro atoms. The Kier molecular flexibility index (Phi) is 5.48. The average Bonchev–Trinajstić information content (AvgIpc) is 3.20. The summed E-state index contributed by atoms with van der Waals surface area (Å²) in [7, 11) is 0. The van der Waals surface area contributed by atoms with E-state index in [2.05, 4.69) is 20.1 Å². The van der Waals surface area contributed by atoms with Gasteiger partial charge >= 0.3 is 5.97 Å². The van der Waals surface area contributed by atoms with Crippen molar-refractivity contribution < 1.29 is 14.1 Å². The van der Waals surface area contributed by atoms with Crippen LogP contribution in [0.2, 0.25) is 5.02 Å². The fourth-order valence-electron chi connectivity index (χ4n) is 2.76. The number of aromatic nitrogens is 4. The quantitative estimate of drug-likeness (QED) is 0.439. The molecule has 146 valence electrons. The number of benzene rings is 2. The second kappa shape index (κ2) is 8.36. The standard InChI is InChI=1S/C21H17ClN4O3/c1-13-18(24-17-5-3-2-4-16(17)23-13)12-28-20(27)11-10-19-25-21(26-29-19)14-6-8-15(22)9-7-14/h2-9H,10-12H2,1H3. The Morgan fingerprint density at radius 1 is 1.03 bits per heavy atom. The fourth-order valence-corrected chi connectivity index (χ4v) is 2.89. The van der Waals surface area contributed by atoms with Gasteiger partial charge in [0.05, 0.1) is 28.8 Å². The van der Waals surface area contributed by atoms with Crippen LogP contribution in [-0.2, 0) is 22.6 Å². The molecule has 0 unspecified atom stereocenters. The van der Waals surface area contributed by atoms with E-state index in [1.165, 1.54) is 0 Å². The van der Waals surface area contributed by atoms with Crippen LogP contribution in [0.25, 0.3) is 22.4 Å². The minimum Gasteiger partial charge on any atom is -0.459 e. The van der Waals surface area contributed by atoms with Gasteiger partial charge in [0, 0.05) is 17.0 Å². The predicted molar refractivity (Wildman–Crippen MR) is 107 cm³/mol. The second-order valence-electron chi connectivity index (χ2n) is 6.42. The lowest BCUT2D eigenvalue weighted by Crippen LogP contribution is -2.09. The first kappa shape index (κ1) is 19.0. The first-order valence-electron chi connectivity index (χ1n) is 9.05. The van der Waals surface area contributed by atoms with Gasteiger partial charge in [0.1, 0.15) is 6.61 Å². The molecule has 0 bridgehead atoms. The normalized spacial score (nSPS) is 11.0. The maximum absolute atomic E-state index is 12.1. The molecule has 0 fully saturated rings. The monoisotopic (exact) mass is 408 g/mol. The zero-order valence-corrected chi connectivity index (χ0v) is 16.4. The Morgan fingerprint density at radius 3 is 2.52 bits per heavy atom. The first-order chi connectivity index (χ1) is 14.1. The summed E-state index contributed by atoms with van der Waals surface area (Å²) in [5.74, 6) is 0.450. The highest BCUT2D eigenvalue weighted by molar-refractivity contribution is 6.30. The third-order valence-electron chi connectivity index (χ3n) is 4.33. The third-order valence-corrected chi connectivity index (χ3v) is 4.58. The highest BCUT2D eigenvalue weighted by Crippen LogP contribution is 2.19. The summed E-state index contributed by atoms with van der Waals surface area (Å²) < 4.78 is 10.5. The van der Waals surface area contributed by atoms with Gasteiger partial charge in [-0.15, -0.1) is 0 Å². The molecule has 0 saturated heterocycles. The number of aryl methyl sites for hydroxylation is 2. The number of esters is 1. The number of fused-ring (bicyclic) bond motifs is 1. The van der Waals surface area contributed by atoms with Crippen molar-refractivity contribution in [2.75, 3.05) is 0 Å². The summed E-state index contributed by atoms with van der Waals surface area (Å²) in [4.78, 5) is 25.4. The van der Waals surface area contributed by atoms with Crippen LogP contribution in [0.1, 0.15) is 23.7 Å². The summed E-state index contributed by atoms with van der Waals surface area (Å²) in [5.41, 5.74) is 3.75. The molecular formula is C21H17ClN4O3. The molecule has 0 radical (unpaired) electrons. The van der Waals surface area contributed by atoms with Crippen LogP contribution in [0.5, 0.6) is 0 Å². The molecule has 2 aromatic carbocycles. The molecule has 4 rings (SSSR count). The second-order valence-corrected chi connectivity index (χ2v) is 6.86.